The van der Waals surface area contributed by atoms with Gasteiger partial charge in [0.25, 0.3) is 0 Å². The Morgan fingerprint density at radius 3 is 3.06 bits per heavy atom. The lowest BCUT2D eigenvalue weighted by molar-refractivity contribution is -0.103. The van der Waals surface area contributed by atoms with E-state index in [1.165, 1.54) is 6.07 Å². The molecule has 0 aliphatic carbocycles. The molecular weight excluding hydrogens is 226 g/mol. The summed E-state index contributed by atoms with van der Waals surface area (Å²) in [5, 5.41) is 11.0. The quantitative estimate of drug-likeness (QED) is 0.558. The first kappa shape index (κ1) is 10.5. The fraction of sp³-hybridized carbons (Fsp3) is 0. The van der Waals surface area contributed by atoms with Crippen molar-refractivity contribution < 1.29 is 9.90 Å². The van der Waals surface area contributed by atoms with Crippen molar-refractivity contribution in [2.45, 2.75) is 0 Å². The van der Waals surface area contributed by atoms with E-state index in [1.54, 1.807) is 18.3 Å². The third-order valence-corrected chi connectivity index (χ3v) is 2.39. The molecule has 0 radical (unpaired) electrons. The molecule has 0 saturated heterocycles. The second-order valence-electron chi connectivity index (χ2n) is 3.04. The maximum Gasteiger partial charge on any atom is 0.193 e. The van der Waals surface area contributed by atoms with Crippen LogP contribution in [0.25, 0.3) is 10.9 Å². The average molecular weight is 232 g/mol. The Kier molecular flexibility index (Phi) is 2.76. The SMILES string of the molecule is O=CC#Cc1cc(Cl)c2cccnc2c1O. The van der Waals surface area contributed by atoms with Gasteiger partial charge in [0.2, 0.25) is 0 Å². The van der Waals surface area contributed by atoms with Crippen molar-refractivity contribution in [1.29, 1.82) is 0 Å². The van der Waals surface area contributed by atoms with Crippen molar-refractivity contribution in [3.05, 3.63) is 35.0 Å². The van der Waals surface area contributed by atoms with Crippen LogP contribution in [0, 0.1) is 11.8 Å². The Hall–Kier alpha value is -2.05. The maximum atomic E-state index is 10.1. The number of carbonyl (C=O) groups is 1. The summed E-state index contributed by atoms with van der Waals surface area (Å²) in [4.78, 5) is 14.2. The number of carbonyl (C=O) groups excluding carboxylic acids is 1. The summed E-state index contributed by atoms with van der Waals surface area (Å²) >= 11 is 6.01. The molecule has 0 unspecified atom stereocenters. The average Bonchev–Trinajstić information content (AvgIpc) is 2.32. The molecule has 0 bridgehead atoms. The van der Waals surface area contributed by atoms with Gasteiger partial charge in [-0.1, -0.05) is 17.5 Å². The zero-order valence-corrected chi connectivity index (χ0v) is 8.82. The molecule has 2 aromatic rings. The van der Waals surface area contributed by atoms with E-state index in [9.17, 15) is 9.90 Å². The van der Waals surface area contributed by atoms with Gasteiger partial charge in [0.1, 0.15) is 5.52 Å². The summed E-state index contributed by atoms with van der Waals surface area (Å²) in [6.07, 6.45) is 2.01. The molecule has 1 aromatic carbocycles. The molecule has 0 saturated carbocycles. The molecule has 0 amide bonds. The molecule has 0 fully saturated rings. The number of aromatic nitrogens is 1. The van der Waals surface area contributed by atoms with Gasteiger partial charge >= 0.3 is 0 Å². The summed E-state index contributed by atoms with van der Waals surface area (Å²) in [6, 6.07) is 4.99. The molecule has 16 heavy (non-hydrogen) atoms. The van der Waals surface area contributed by atoms with E-state index in [-0.39, 0.29) is 5.75 Å². The van der Waals surface area contributed by atoms with Crippen LogP contribution in [0.5, 0.6) is 5.75 Å². The Morgan fingerprint density at radius 2 is 2.31 bits per heavy atom. The number of hydrogen-bond donors (Lipinski definition) is 1. The number of phenolic OH excluding ortho intramolecular Hbond substituents is 1. The highest BCUT2D eigenvalue weighted by atomic mass is 35.5. The van der Waals surface area contributed by atoms with Gasteiger partial charge in [-0.2, -0.15) is 0 Å². The number of nitrogens with zero attached hydrogens (tertiary/aromatic N) is 1. The molecule has 0 aliphatic rings. The Morgan fingerprint density at radius 1 is 1.50 bits per heavy atom. The molecular formula is C12H6ClNO2. The van der Waals surface area contributed by atoms with Crippen LogP contribution < -0.4 is 0 Å². The fourth-order valence-electron chi connectivity index (χ4n) is 1.39. The number of phenols is 1. The lowest BCUT2D eigenvalue weighted by atomic mass is 10.1. The monoisotopic (exact) mass is 231 g/mol. The summed E-state index contributed by atoms with van der Waals surface area (Å²) < 4.78 is 0. The van der Waals surface area contributed by atoms with Gasteiger partial charge < -0.3 is 5.11 Å². The van der Waals surface area contributed by atoms with Crippen LogP contribution in [-0.2, 0) is 4.79 Å². The first-order valence-electron chi connectivity index (χ1n) is 4.45. The summed E-state index contributed by atoms with van der Waals surface area (Å²) in [6.45, 7) is 0. The van der Waals surface area contributed by atoms with Crippen LogP contribution >= 0.6 is 11.6 Å². The largest absolute Gasteiger partial charge is 0.504 e. The molecule has 0 spiro atoms. The van der Waals surface area contributed by atoms with Crippen molar-refractivity contribution in [3.8, 4) is 17.6 Å². The molecule has 1 N–H and O–H groups in total. The first-order chi connectivity index (χ1) is 7.74. The minimum absolute atomic E-state index is 0.0608. The predicted molar refractivity (Wildman–Crippen MR) is 61.4 cm³/mol. The van der Waals surface area contributed by atoms with Crippen LogP contribution in [0.1, 0.15) is 5.56 Å². The van der Waals surface area contributed by atoms with Gasteiger partial charge in [0.15, 0.2) is 12.0 Å². The summed E-state index contributed by atoms with van der Waals surface area (Å²) in [7, 11) is 0. The number of halogens is 1. The van der Waals surface area contributed by atoms with Gasteiger partial charge in [-0.3, -0.25) is 9.78 Å². The highest BCUT2D eigenvalue weighted by molar-refractivity contribution is 6.35. The predicted octanol–water partition coefficient (Wildman–Crippen LogP) is 2.14. The van der Waals surface area contributed by atoms with E-state index in [4.69, 9.17) is 11.6 Å². The lowest BCUT2D eigenvalue weighted by Crippen LogP contribution is -1.85. The van der Waals surface area contributed by atoms with Crippen LogP contribution in [0.4, 0.5) is 0 Å². The normalized spacial score (nSPS) is 9.56. The molecule has 78 valence electrons. The molecule has 0 atom stereocenters. The smallest absolute Gasteiger partial charge is 0.193 e. The molecule has 4 heteroatoms. The minimum Gasteiger partial charge on any atom is -0.504 e. The zero-order valence-electron chi connectivity index (χ0n) is 8.07. The Bertz CT molecular complexity index is 626. The first-order valence-corrected chi connectivity index (χ1v) is 4.83. The molecule has 1 aromatic heterocycles. The van der Waals surface area contributed by atoms with E-state index < -0.39 is 0 Å². The third kappa shape index (κ3) is 1.71. The van der Waals surface area contributed by atoms with E-state index >= 15 is 0 Å². The molecule has 1 heterocycles. The van der Waals surface area contributed by atoms with Gasteiger partial charge in [-0.05, 0) is 24.1 Å². The maximum absolute atomic E-state index is 10.1. The summed E-state index contributed by atoms with van der Waals surface area (Å²) in [5.41, 5.74) is 0.675. The van der Waals surface area contributed by atoms with Crippen LogP contribution in [0.3, 0.4) is 0 Å². The van der Waals surface area contributed by atoms with Crippen molar-refractivity contribution >= 4 is 28.8 Å². The van der Waals surface area contributed by atoms with Crippen molar-refractivity contribution in [2.75, 3.05) is 0 Å². The Balaban J connectivity index is 2.80. The van der Waals surface area contributed by atoms with Gasteiger partial charge in [-0.15, -0.1) is 0 Å². The zero-order chi connectivity index (χ0) is 11.5. The number of rotatable bonds is 0. The number of pyridine rings is 1. The molecule has 3 nitrogen and oxygen atoms in total. The molecule has 0 aliphatic heterocycles. The van der Waals surface area contributed by atoms with E-state index in [2.05, 4.69) is 16.8 Å². The Labute approximate surface area is 96.7 Å². The highest BCUT2D eigenvalue weighted by Gasteiger charge is 2.09. The van der Waals surface area contributed by atoms with E-state index in [0.29, 0.717) is 27.8 Å². The lowest BCUT2D eigenvalue weighted by Gasteiger charge is -2.04. The van der Waals surface area contributed by atoms with Crippen LogP contribution in [0.2, 0.25) is 5.02 Å². The van der Waals surface area contributed by atoms with Crippen LogP contribution in [0.15, 0.2) is 24.4 Å². The second-order valence-corrected chi connectivity index (χ2v) is 3.45. The third-order valence-electron chi connectivity index (χ3n) is 2.08. The number of fused-ring (bicyclic) bond motifs is 1. The standard InChI is InChI=1S/C12H6ClNO2/c13-10-7-8(3-2-6-15)12(16)11-9(10)4-1-5-14-11/h1,4-7,16H. The van der Waals surface area contributed by atoms with Gasteiger partial charge in [0.05, 0.1) is 10.6 Å². The topological polar surface area (TPSA) is 50.2 Å². The number of benzene rings is 1. The fourth-order valence-corrected chi connectivity index (χ4v) is 1.65. The molecule has 2 rings (SSSR count). The summed E-state index contributed by atoms with van der Waals surface area (Å²) in [5.74, 6) is 4.66. The second kappa shape index (κ2) is 4.21. The van der Waals surface area contributed by atoms with Crippen molar-refractivity contribution in [2.24, 2.45) is 0 Å². The van der Waals surface area contributed by atoms with Crippen molar-refractivity contribution in [3.63, 3.8) is 0 Å². The van der Waals surface area contributed by atoms with E-state index in [1.807, 2.05) is 0 Å². The van der Waals surface area contributed by atoms with Crippen molar-refractivity contribution in [1.82, 2.24) is 4.98 Å². The minimum atomic E-state index is -0.0608. The van der Waals surface area contributed by atoms with Gasteiger partial charge in [-0.25, -0.2) is 0 Å². The number of aldehydes is 1. The number of aromatic hydroxyl groups is 1. The van der Waals surface area contributed by atoms with E-state index in [0.717, 1.165) is 0 Å². The number of hydrogen-bond acceptors (Lipinski definition) is 3. The van der Waals surface area contributed by atoms with Crippen LogP contribution in [-0.4, -0.2) is 16.4 Å². The highest BCUT2D eigenvalue weighted by Crippen LogP contribution is 2.32. The van der Waals surface area contributed by atoms with Gasteiger partial charge in [0, 0.05) is 11.6 Å².